The van der Waals surface area contributed by atoms with Crippen molar-refractivity contribution in [3.8, 4) is 11.1 Å². The lowest BCUT2D eigenvalue weighted by molar-refractivity contribution is -0.143. The first-order valence-electron chi connectivity index (χ1n) is 13.4. The lowest BCUT2D eigenvalue weighted by Crippen LogP contribution is -2.48. The standard InChI is InChI=1S/C33H29BrN2O6/c1-20(41-18-21-9-3-2-4-10-21)30(32(38)39)36-31(37)22-15-16-28(34)29(17-22)35-33(40)42-19-27-25-13-7-5-11-23(25)24-12-6-8-14-26(24)27/h2-17,20,27,30H,18-19H2,1H3,(H,35,40)(H,36,37)(H,38,39)/t20-,30+/m1/s1. The fraction of sp³-hybridized carbons (Fsp3) is 0.182. The van der Waals surface area contributed by atoms with Crippen molar-refractivity contribution in [2.45, 2.75) is 31.6 Å². The van der Waals surface area contributed by atoms with Crippen molar-refractivity contribution in [2.24, 2.45) is 0 Å². The van der Waals surface area contributed by atoms with Crippen LogP contribution in [0.5, 0.6) is 0 Å². The van der Waals surface area contributed by atoms with Crippen molar-refractivity contribution in [2.75, 3.05) is 11.9 Å². The minimum absolute atomic E-state index is 0.0947. The van der Waals surface area contributed by atoms with Gasteiger partial charge in [0, 0.05) is 16.0 Å². The predicted octanol–water partition coefficient (Wildman–Crippen LogP) is 6.60. The maximum Gasteiger partial charge on any atom is 0.411 e. The predicted molar refractivity (Wildman–Crippen MR) is 162 cm³/mol. The number of hydrogen-bond donors (Lipinski definition) is 3. The quantitative estimate of drug-likeness (QED) is 0.182. The van der Waals surface area contributed by atoms with E-state index in [1.807, 2.05) is 66.7 Å². The smallest absolute Gasteiger partial charge is 0.411 e. The second-order valence-electron chi connectivity index (χ2n) is 9.94. The fourth-order valence-electron chi connectivity index (χ4n) is 5.01. The average Bonchev–Trinajstić information content (AvgIpc) is 3.32. The molecule has 42 heavy (non-hydrogen) atoms. The maximum absolute atomic E-state index is 13.0. The van der Waals surface area contributed by atoms with E-state index < -0.39 is 30.1 Å². The van der Waals surface area contributed by atoms with Crippen molar-refractivity contribution in [1.29, 1.82) is 0 Å². The molecule has 0 aromatic heterocycles. The van der Waals surface area contributed by atoms with Crippen LogP contribution in [0.2, 0.25) is 0 Å². The third-order valence-electron chi connectivity index (χ3n) is 7.19. The van der Waals surface area contributed by atoms with E-state index in [0.29, 0.717) is 10.2 Å². The first-order chi connectivity index (χ1) is 20.3. The summed E-state index contributed by atoms with van der Waals surface area (Å²) in [6.45, 7) is 1.93. The summed E-state index contributed by atoms with van der Waals surface area (Å²) in [6, 6.07) is 28.7. The molecule has 0 unspecified atom stereocenters. The summed E-state index contributed by atoms with van der Waals surface area (Å²) < 4.78 is 11.9. The van der Waals surface area contributed by atoms with Gasteiger partial charge in [0.2, 0.25) is 0 Å². The van der Waals surface area contributed by atoms with Gasteiger partial charge >= 0.3 is 12.1 Å². The van der Waals surface area contributed by atoms with Crippen LogP contribution in [-0.4, -0.2) is 41.8 Å². The summed E-state index contributed by atoms with van der Waals surface area (Å²) in [7, 11) is 0. The number of aliphatic carboxylic acids is 1. The first-order valence-corrected chi connectivity index (χ1v) is 14.2. The largest absolute Gasteiger partial charge is 0.480 e. The molecule has 0 aliphatic heterocycles. The van der Waals surface area contributed by atoms with Gasteiger partial charge in [0.1, 0.15) is 6.61 Å². The molecular formula is C33H29BrN2O6. The van der Waals surface area contributed by atoms with Crippen molar-refractivity contribution >= 4 is 39.6 Å². The van der Waals surface area contributed by atoms with Gasteiger partial charge in [0.15, 0.2) is 6.04 Å². The molecule has 0 heterocycles. The molecule has 0 bridgehead atoms. The normalized spacial score (nSPS) is 13.4. The molecule has 3 N–H and O–H groups in total. The number of benzene rings is 4. The lowest BCUT2D eigenvalue weighted by atomic mass is 9.98. The number of nitrogens with one attached hydrogen (secondary N) is 2. The van der Waals surface area contributed by atoms with Crippen LogP contribution in [0.25, 0.3) is 11.1 Å². The van der Waals surface area contributed by atoms with Gasteiger partial charge in [0.05, 0.1) is 18.4 Å². The number of rotatable bonds is 10. The molecule has 0 saturated carbocycles. The zero-order valence-electron chi connectivity index (χ0n) is 22.8. The molecule has 0 radical (unpaired) electrons. The van der Waals surface area contributed by atoms with Gasteiger partial charge in [-0.2, -0.15) is 0 Å². The van der Waals surface area contributed by atoms with Crippen molar-refractivity contribution < 1.29 is 29.0 Å². The Kier molecular flexibility index (Phi) is 9.00. The first kappa shape index (κ1) is 29.0. The van der Waals surface area contributed by atoms with Crippen LogP contribution >= 0.6 is 15.9 Å². The van der Waals surface area contributed by atoms with Crippen molar-refractivity contribution in [3.63, 3.8) is 0 Å². The second-order valence-corrected chi connectivity index (χ2v) is 10.8. The minimum Gasteiger partial charge on any atom is -0.480 e. The van der Waals surface area contributed by atoms with E-state index in [-0.39, 0.29) is 24.7 Å². The van der Waals surface area contributed by atoms with E-state index in [1.165, 1.54) is 12.1 Å². The highest BCUT2D eigenvalue weighted by Gasteiger charge is 2.30. The number of hydrogen-bond acceptors (Lipinski definition) is 5. The summed E-state index contributed by atoms with van der Waals surface area (Å²) in [5.41, 5.74) is 5.80. The van der Waals surface area contributed by atoms with E-state index >= 15 is 0 Å². The van der Waals surface area contributed by atoms with Crippen LogP contribution in [0.3, 0.4) is 0 Å². The molecule has 214 valence electrons. The fourth-order valence-corrected chi connectivity index (χ4v) is 5.36. The Balaban J connectivity index is 1.22. The molecule has 5 rings (SSSR count). The number of ether oxygens (including phenoxy) is 2. The van der Waals surface area contributed by atoms with E-state index in [4.69, 9.17) is 9.47 Å². The molecule has 2 atom stereocenters. The molecule has 0 spiro atoms. The highest BCUT2D eigenvalue weighted by Crippen LogP contribution is 2.44. The summed E-state index contributed by atoms with van der Waals surface area (Å²) >= 11 is 3.39. The topological polar surface area (TPSA) is 114 Å². The van der Waals surface area contributed by atoms with Gasteiger partial charge < -0.3 is 19.9 Å². The molecule has 0 saturated heterocycles. The molecule has 8 nitrogen and oxygen atoms in total. The molecule has 4 aromatic carbocycles. The number of amides is 2. The minimum atomic E-state index is -1.29. The Bertz CT molecular complexity index is 1560. The van der Waals surface area contributed by atoms with Crippen LogP contribution in [0.4, 0.5) is 10.5 Å². The van der Waals surface area contributed by atoms with Crippen molar-refractivity contribution in [1.82, 2.24) is 5.32 Å². The average molecular weight is 630 g/mol. The van der Waals surface area contributed by atoms with Crippen LogP contribution in [0, 0.1) is 0 Å². The number of fused-ring (bicyclic) bond motifs is 3. The van der Waals surface area contributed by atoms with E-state index in [2.05, 4.69) is 38.7 Å². The summed E-state index contributed by atoms with van der Waals surface area (Å²) in [5.74, 6) is -1.94. The van der Waals surface area contributed by atoms with E-state index in [9.17, 15) is 19.5 Å². The third-order valence-corrected chi connectivity index (χ3v) is 7.88. The number of carboxylic acid groups (broad SMARTS) is 1. The molecule has 0 fully saturated rings. The van der Waals surface area contributed by atoms with Gasteiger partial charge in [-0.1, -0.05) is 78.9 Å². The van der Waals surface area contributed by atoms with Gasteiger partial charge in [-0.15, -0.1) is 0 Å². The molecule has 2 amide bonds. The Morgan fingerprint density at radius 2 is 1.50 bits per heavy atom. The van der Waals surface area contributed by atoms with Crippen LogP contribution < -0.4 is 10.6 Å². The number of anilines is 1. The Morgan fingerprint density at radius 3 is 2.14 bits per heavy atom. The molecule has 4 aromatic rings. The van der Waals surface area contributed by atoms with Gasteiger partial charge in [-0.3, -0.25) is 10.1 Å². The number of carbonyl (C=O) groups is 3. The second kappa shape index (κ2) is 13.0. The maximum atomic E-state index is 13.0. The number of carbonyl (C=O) groups excluding carboxylic acids is 2. The molecule has 9 heteroatoms. The van der Waals surface area contributed by atoms with Gasteiger partial charge in [-0.25, -0.2) is 9.59 Å². The summed E-state index contributed by atoms with van der Waals surface area (Å²) in [5, 5.41) is 15.0. The van der Waals surface area contributed by atoms with Crippen LogP contribution in [0.1, 0.15) is 39.9 Å². The number of halogens is 1. The monoisotopic (exact) mass is 628 g/mol. The van der Waals surface area contributed by atoms with Crippen LogP contribution in [-0.2, 0) is 20.9 Å². The molecule has 1 aliphatic rings. The van der Waals surface area contributed by atoms with E-state index in [1.54, 1.807) is 13.0 Å². The van der Waals surface area contributed by atoms with Gasteiger partial charge in [-0.05, 0) is 68.9 Å². The van der Waals surface area contributed by atoms with Crippen molar-refractivity contribution in [3.05, 3.63) is 124 Å². The Morgan fingerprint density at radius 1 is 0.881 bits per heavy atom. The lowest BCUT2D eigenvalue weighted by Gasteiger charge is -2.22. The van der Waals surface area contributed by atoms with Crippen LogP contribution in [0.15, 0.2) is 102 Å². The summed E-state index contributed by atoms with van der Waals surface area (Å²) in [6.07, 6.45) is -1.48. The van der Waals surface area contributed by atoms with E-state index in [0.717, 1.165) is 27.8 Å². The molecule has 1 aliphatic carbocycles. The third kappa shape index (κ3) is 6.53. The Hall–Kier alpha value is -4.47. The zero-order valence-corrected chi connectivity index (χ0v) is 24.3. The summed E-state index contributed by atoms with van der Waals surface area (Å²) in [4.78, 5) is 37.8. The zero-order chi connectivity index (χ0) is 29.6. The SMILES string of the molecule is C[C@@H](OCc1ccccc1)[C@H](NC(=O)c1ccc(Br)c(NC(=O)OCC2c3ccccc3-c3ccccc32)c1)C(=O)O. The highest BCUT2D eigenvalue weighted by atomic mass is 79.9. The molecular weight excluding hydrogens is 600 g/mol. The number of carboxylic acids is 1. The highest BCUT2D eigenvalue weighted by molar-refractivity contribution is 9.10. The Labute approximate surface area is 251 Å². The van der Waals surface area contributed by atoms with Gasteiger partial charge in [0.25, 0.3) is 5.91 Å².